The second-order valence-corrected chi connectivity index (χ2v) is 8.46. The maximum atomic E-state index is 11.2. The standard InChI is InChI=1S/C25H31N9O5/c1-4-6-14-32(15-7-5-2)25-29-23(27-19-8-10-20(11-9-19)33(35)36)28-24(30-25)31-26-17-18-16-21(34(37)38)12-13-22(18)39-3/h8-13,16-17H,4-7,14-15H2,1-3H3,(H2,27,28,29,30,31)/b26-17+. The molecule has 0 unspecified atom stereocenters. The van der Waals surface area contributed by atoms with Gasteiger partial charge in [0.15, 0.2) is 0 Å². The van der Waals surface area contributed by atoms with Gasteiger partial charge < -0.3 is 15.0 Å². The molecule has 206 valence electrons. The van der Waals surface area contributed by atoms with Crippen LogP contribution in [0, 0.1) is 20.2 Å². The molecule has 0 fully saturated rings. The molecule has 0 atom stereocenters. The largest absolute Gasteiger partial charge is 0.496 e. The van der Waals surface area contributed by atoms with Gasteiger partial charge in [0, 0.05) is 48.6 Å². The number of hydrazone groups is 1. The van der Waals surface area contributed by atoms with Crippen LogP contribution >= 0.6 is 0 Å². The number of ether oxygens (including phenoxy) is 1. The first-order valence-electron chi connectivity index (χ1n) is 12.5. The Bertz CT molecular complexity index is 1290. The number of hydrogen-bond acceptors (Lipinski definition) is 12. The minimum atomic E-state index is -0.500. The second-order valence-electron chi connectivity index (χ2n) is 8.46. The van der Waals surface area contributed by atoms with Crippen LogP contribution in [0.3, 0.4) is 0 Å². The van der Waals surface area contributed by atoms with Crippen molar-refractivity contribution in [2.45, 2.75) is 39.5 Å². The van der Waals surface area contributed by atoms with Gasteiger partial charge in [0.2, 0.25) is 17.8 Å². The predicted molar refractivity (Wildman–Crippen MR) is 149 cm³/mol. The Labute approximate surface area is 225 Å². The first-order chi connectivity index (χ1) is 18.8. The molecule has 39 heavy (non-hydrogen) atoms. The fourth-order valence-electron chi connectivity index (χ4n) is 3.51. The van der Waals surface area contributed by atoms with Crippen molar-refractivity contribution in [3.8, 4) is 5.75 Å². The molecular formula is C25H31N9O5. The normalized spacial score (nSPS) is 10.8. The molecule has 14 nitrogen and oxygen atoms in total. The lowest BCUT2D eigenvalue weighted by Gasteiger charge is -2.23. The molecule has 3 aromatic rings. The first kappa shape index (κ1) is 28.7. The van der Waals surface area contributed by atoms with E-state index in [4.69, 9.17) is 4.74 Å². The highest BCUT2D eigenvalue weighted by atomic mass is 16.6. The molecule has 0 aliphatic carbocycles. The average molecular weight is 538 g/mol. The number of hydrogen-bond donors (Lipinski definition) is 2. The van der Waals surface area contributed by atoms with Crippen molar-refractivity contribution in [3.63, 3.8) is 0 Å². The van der Waals surface area contributed by atoms with E-state index in [9.17, 15) is 20.2 Å². The van der Waals surface area contributed by atoms with Gasteiger partial charge in [-0.1, -0.05) is 26.7 Å². The number of benzene rings is 2. The van der Waals surface area contributed by atoms with Gasteiger partial charge in [-0.2, -0.15) is 20.1 Å². The lowest BCUT2D eigenvalue weighted by atomic mass is 10.2. The van der Waals surface area contributed by atoms with Crippen LogP contribution in [0.4, 0.5) is 34.9 Å². The van der Waals surface area contributed by atoms with Crippen LogP contribution in [0.25, 0.3) is 0 Å². The van der Waals surface area contributed by atoms with Gasteiger partial charge in [-0.15, -0.1) is 0 Å². The number of nitro benzene ring substituents is 2. The van der Waals surface area contributed by atoms with Crippen LogP contribution in [-0.4, -0.2) is 51.2 Å². The van der Waals surface area contributed by atoms with E-state index in [0.717, 1.165) is 38.8 Å². The highest BCUT2D eigenvalue weighted by molar-refractivity contribution is 5.85. The van der Waals surface area contributed by atoms with Crippen LogP contribution in [0.1, 0.15) is 45.1 Å². The van der Waals surface area contributed by atoms with Crippen molar-refractivity contribution < 1.29 is 14.6 Å². The number of anilines is 4. The third kappa shape index (κ3) is 8.31. The smallest absolute Gasteiger partial charge is 0.270 e. The summed E-state index contributed by atoms with van der Waals surface area (Å²) in [6.07, 6.45) is 5.29. The van der Waals surface area contributed by atoms with Crippen LogP contribution in [-0.2, 0) is 0 Å². The predicted octanol–water partition coefficient (Wildman–Crippen LogP) is 5.29. The molecule has 3 rings (SSSR count). The lowest BCUT2D eigenvalue weighted by molar-refractivity contribution is -0.385. The molecular weight excluding hydrogens is 506 g/mol. The highest BCUT2D eigenvalue weighted by Gasteiger charge is 2.15. The lowest BCUT2D eigenvalue weighted by Crippen LogP contribution is -2.28. The molecule has 1 heterocycles. The van der Waals surface area contributed by atoms with Crippen LogP contribution < -0.4 is 20.4 Å². The topological polar surface area (TPSA) is 174 Å². The Balaban J connectivity index is 1.93. The summed E-state index contributed by atoms with van der Waals surface area (Å²) in [5.74, 6) is 1.22. The Hall–Kier alpha value is -4.88. The summed E-state index contributed by atoms with van der Waals surface area (Å²) < 4.78 is 5.28. The Morgan fingerprint density at radius 1 is 0.923 bits per heavy atom. The number of nitro groups is 2. The Kier molecular flexibility index (Phi) is 10.4. The summed E-state index contributed by atoms with van der Waals surface area (Å²) in [7, 11) is 1.46. The van der Waals surface area contributed by atoms with E-state index >= 15 is 0 Å². The van der Waals surface area contributed by atoms with Gasteiger partial charge in [0.1, 0.15) is 5.75 Å². The van der Waals surface area contributed by atoms with Crippen LogP contribution in [0.15, 0.2) is 47.6 Å². The summed E-state index contributed by atoms with van der Waals surface area (Å²) in [4.78, 5) is 36.8. The van der Waals surface area contributed by atoms with Crippen LogP contribution in [0.2, 0.25) is 0 Å². The second kappa shape index (κ2) is 14.2. The molecule has 0 radical (unpaired) electrons. The molecule has 0 bridgehead atoms. The van der Waals surface area contributed by atoms with Gasteiger partial charge in [-0.25, -0.2) is 5.43 Å². The minimum Gasteiger partial charge on any atom is -0.496 e. The van der Waals surface area contributed by atoms with Crippen molar-refractivity contribution in [2.75, 3.05) is 35.8 Å². The van der Waals surface area contributed by atoms with Gasteiger partial charge in [-0.05, 0) is 31.0 Å². The monoisotopic (exact) mass is 537 g/mol. The van der Waals surface area contributed by atoms with E-state index in [0.29, 0.717) is 22.9 Å². The van der Waals surface area contributed by atoms with Gasteiger partial charge in [-0.3, -0.25) is 20.2 Å². The fourth-order valence-corrected chi connectivity index (χ4v) is 3.51. The van der Waals surface area contributed by atoms with E-state index in [-0.39, 0.29) is 23.3 Å². The highest BCUT2D eigenvalue weighted by Crippen LogP contribution is 2.23. The average Bonchev–Trinajstić information content (AvgIpc) is 2.93. The minimum absolute atomic E-state index is 0.0320. The Morgan fingerprint density at radius 3 is 2.13 bits per heavy atom. The molecule has 0 amide bonds. The molecule has 2 aromatic carbocycles. The molecule has 0 saturated carbocycles. The van der Waals surface area contributed by atoms with E-state index in [2.05, 4.69) is 49.5 Å². The van der Waals surface area contributed by atoms with Gasteiger partial charge in [0.25, 0.3) is 11.4 Å². The number of methoxy groups -OCH3 is 1. The van der Waals surface area contributed by atoms with Gasteiger partial charge >= 0.3 is 0 Å². The zero-order chi connectivity index (χ0) is 28.2. The number of aromatic nitrogens is 3. The number of nitrogens with one attached hydrogen (secondary N) is 2. The fraction of sp³-hybridized carbons (Fsp3) is 0.360. The molecule has 14 heteroatoms. The summed E-state index contributed by atoms with van der Waals surface area (Å²) >= 11 is 0. The third-order valence-corrected chi connectivity index (χ3v) is 5.60. The number of non-ortho nitro benzene ring substituents is 2. The van der Waals surface area contributed by atoms with Crippen molar-refractivity contribution in [1.82, 2.24) is 15.0 Å². The zero-order valence-electron chi connectivity index (χ0n) is 22.0. The quantitative estimate of drug-likeness (QED) is 0.146. The van der Waals surface area contributed by atoms with E-state index < -0.39 is 9.85 Å². The zero-order valence-corrected chi connectivity index (χ0v) is 22.0. The SMILES string of the molecule is CCCCN(CCCC)c1nc(N/N=C/c2cc([N+](=O)[O-])ccc2OC)nc(Nc2ccc([N+](=O)[O-])cc2)n1. The summed E-state index contributed by atoms with van der Waals surface area (Å²) in [6.45, 7) is 5.73. The number of unbranched alkanes of at least 4 members (excludes halogenated alkanes) is 2. The van der Waals surface area contributed by atoms with Crippen molar-refractivity contribution in [3.05, 3.63) is 68.3 Å². The molecule has 0 aliphatic rings. The van der Waals surface area contributed by atoms with E-state index in [1.54, 1.807) is 12.1 Å². The molecule has 1 aromatic heterocycles. The maximum absolute atomic E-state index is 11.2. The van der Waals surface area contributed by atoms with Crippen LogP contribution in [0.5, 0.6) is 5.75 Å². The van der Waals surface area contributed by atoms with Crippen molar-refractivity contribution >= 4 is 41.1 Å². The summed E-state index contributed by atoms with van der Waals surface area (Å²) in [5.41, 5.74) is 3.60. The third-order valence-electron chi connectivity index (χ3n) is 5.60. The summed E-state index contributed by atoms with van der Waals surface area (Å²) in [5, 5.41) is 29.4. The number of nitrogens with zero attached hydrogens (tertiary/aromatic N) is 7. The Morgan fingerprint density at radius 2 is 1.54 bits per heavy atom. The first-order valence-corrected chi connectivity index (χ1v) is 12.5. The number of rotatable bonds is 15. The molecule has 0 aliphatic heterocycles. The van der Waals surface area contributed by atoms with E-state index in [1.807, 2.05) is 0 Å². The summed E-state index contributed by atoms with van der Waals surface area (Å²) in [6, 6.07) is 10.1. The van der Waals surface area contributed by atoms with Crippen molar-refractivity contribution in [1.29, 1.82) is 0 Å². The molecule has 0 saturated heterocycles. The van der Waals surface area contributed by atoms with Gasteiger partial charge in [0.05, 0.1) is 23.2 Å². The molecule has 0 spiro atoms. The van der Waals surface area contributed by atoms with E-state index in [1.165, 1.54) is 43.7 Å². The van der Waals surface area contributed by atoms with Crippen molar-refractivity contribution in [2.24, 2.45) is 5.10 Å². The molecule has 2 N–H and O–H groups in total. The maximum Gasteiger partial charge on any atom is 0.270 e.